The summed E-state index contributed by atoms with van der Waals surface area (Å²) in [5.74, 6) is 0. The molecule has 1 aliphatic rings. The molecule has 0 aliphatic heterocycles. The maximum Gasteiger partial charge on any atom is 0.214 e. The third kappa shape index (κ3) is 2.64. The number of carbonyl (C=O) groups excluding carboxylic acids is 1. The highest BCUT2D eigenvalue weighted by Crippen LogP contribution is 2.43. The molecule has 0 aromatic carbocycles. The van der Waals surface area contributed by atoms with Crippen molar-refractivity contribution in [3.05, 3.63) is 0 Å². The van der Waals surface area contributed by atoms with Gasteiger partial charge in [-0.2, -0.15) is 0 Å². The smallest absolute Gasteiger partial charge is 0.214 e. The SMILES string of the molecule is CC(C)(C)C1(NC(=O)[O-])CCCCC1N=[N+]=N. The van der Waals surface area contributed by atoms with Crippen LogP contribution in [0.1, 0.15) is 46.5 Å². The number of carboxylic acid groups (broad SMARTS) is 1. The van der Waals surface area contributed by atoms with Gasteiger partial charge in [-0.05, 0) is 18.3 Å². The molecule has 0 aromatic heterocycles. The summed E-state index contributed by atoms with van der Waals surface area (Å²) in [6, 6.07) is -0.286. The molecular weight excluding hydrogens is 220 g/mol. The Morgan fingerprint density at radius 3 is 2.65 bits per heavy atom. The van der Waals surface area contributed by atoms with Crippen molar-refractivity contribution in [1.82, 2.24) is 10.2 Å². The average Bonchev–Trinajstić information content (AvgIpc) is 2.18. The Morgan fingerprint density at radius 2 is 2.18 bits per heavy atom. The molecule has 1 aliphatic carbocycles. The van der Waals surface area contributed by atoms with Crippen LogP contribution in [-0.4, -0.2) is 17.7 Å². The van der Waals surface area contributed by atoms with Gasteiger partial charge in [0.2, 0.25) is 4.91 Å². The lowest BCUT2D eigenvalue weighted by Gasteiger charge is -2.50. The number of hydrogen-bond acceptors (Lipinski definition) is 4. The number of carbonyl (C=O) groups is 1. The van der Waals surface area contributed by atoms with Crippen LogP contribution < -0.4 is 15.3 Å². The maximum absolute atomic E-state index is 10.9. The van der Waals surface area contributed by atoms with Crippen molar-refractivity contribution in [2.24, 2.45) is 10.5 Å². The van der Waals surface area contributed by atoms with Gasteiger partial charge in [0.25, 0.3) is 0 Å². The minimum atomic E-state index is -1.29. The van der Waals surface area contributed by atoms with E-state index in [4.69, 9.17) is 5.53 Å². The molecule has 0 saturated heterocycles. The number of rotatable bonds is 2. The summed E-state index contributed by atoms with van der Waals surface area (Å²) in [6.07, 6.45) is 2.10. The molecular formula is C11H20N4O2. The largest absolute Gasteiger partial charge is 0.530 e. The maximum atomic E-state index is 10.9. The molecule has 1 rings (SSSR count). The van der Waals surface area contributed by atoms with E-state index in [9.17, 15) is 9.90 Å². The van der Waals surface area contributed by atoms with Crippen molar-refractivity contribution in [1.29, 1.82) is 5.53 Å². The first kappa shape index (κ1) is 13.6. The van der Waals surface area contributed by atoms with E-state index in [2.05, 4.69) is 15.3 Å². The second-order valence-electron chi connectivity index (χ2n) is 5.61. The topological polar surface area (TPSA) is 102 Å². The summed E-state index contributed by atoms with van der Waals surface area (Å²) in [5.41, 5.74) is 5.88. The summed E-state index contributed by atoms with van der Waals surface area (Å²) < 4.78 is 0. The third-order valence-corrected chi connectivity index (χ3v) is 3.73. The molecule has 0 radical (unpaired) electrons. The van der Waals surface area contributed by atoms with E-state index < -0.39 is 11.6 Å². The Morgan fingerprint density at radius 1 is 1.53 bits per heavy atom. The molecule has 2 unspecified atom stereocenters. The van der Waals surface area contributed by atoms with E-state index in [0.717, 1.165) is 19.3 Å². The molecule has 96 valence electrons. The van der Waals surface area contributed by atoms with E-state index in [1.165, 1.54) is 0 Å². The van der Waals surface area contributed by atoms with Crippen LogP contribution in [0.2, 0.25) is 0 Å². The second-order valence-corrected chi connectivity index (χ2v) is 5.61. The minimum absolute atomic E-state index is 0.286. The number of nitrogens with one attached hydrogen (secondary N) is 2. The fourth-order valence-corrected chi connectivity index (χ4v) is 2.77. The first-order valence-electron chi connectivity index (χ1n) is 5.89. The molecule has 6 nitrogen and oxygen atoms in total. The van der Waals surface area contributed by atoms with Gasteiger partial charge >= 0.3 is 0 Å². The van der Waals surface area contributed by atoms with Gasteiger partial charge in [-0.25, -0.2) is 0 Å². The van der Waals surface area contributed by atoms with Crippen molar-refractivity contribution < 1.29 is 9.90 Å². The fraction of sp³-hybridized carbons (Fsp3) is 0.909. The van der Waals surface area contributed by atoms with Gasteiger partial charge in [0.1, 0.15) is 16.7 Å². The van der Waals surface area contributed by atoms with Crippen molar-refractivity contribution in [2.45, 2.75) is 58.0 Å². The van der Waals surface area contributed by atoms with Crippen LogP contribution in [0, 0.1) is 10.9 Å². The van der Waals surface area contributed by atoms with Crippen LogP contribution in [0.4, 0.5) is 4.79 Å². The number of hydrogen-bond donors (Lipinski definition) is 2. The van der Waals surface area contributed by atoms with Crippen molar-refractivity contribution in [3.8, 4) is 0 Å². The predicted octanol–water partition coefficient (Wildman–Crippen LogP) is 1.20. The minimum Gasteiger partial charge on any atom is -0.530 e. The molecule has 0 aromatic rings. The Hall–Kier alpha value is -1.42. The number of amides is 1. The third-order valence-electron chi connectivity index (χ3n) is 3.73. The fourth-order valence-electron chi connectivity index (χ4n) is 2.77. The highest BCUT2D eigenvalue weighted by Gasteiger charge is 2.51. The van der Waals surface area contributed by atoms with Gasteiger partial charge in [-0.3, -0.25) is 0 Å². The normalized spacial score (nSPS) is 29.2. The van der Waals surface area contributed by atoms with Crippen LogP contribution >= 0.6 is 0 Å². The zero-order valence-corrected chi connectivity index (χ0v) is 10.6. The van der Waals surface area contributed by atoms with Crippen LogP contribution in [0.3, 0.4) is 0 Å². The molecule has 0 bridgehead atoms. The molecule has 2 N–H and O–H groups in total. The van der Waals surface area contributed by atoms with Crippen molar-refractivity contribution >= 4 is 6.09 Å². The van der Waals surface area contributed by atoms with Crippen molar-refractivity contribution in [2.75, 3.05) is 0 Å². The Bertz CT molecular complexity index is 344. The van der Waals surface area contributed by atoms with Gasteiger partial charge < -0.3 is 15.2 Å². The van der Waals surface area contributed by atoms with E-state index in [1.54, 1.807) is 0 Å². The average molecular weight is 240 g/mol. The Kier molecular flexibility index (Phi) is 3.88. The van der Waals surface area contributed by atoms with Crippen LogP contribution in [0.5, 0.6) is 0 Å². The quantitative estimate of drug-likeness (QED) is 0.559. The summed E-state index contributed by atoms with van der Waals surface area (Å²) in [6.45, 7) is 5.92. The monoisotopic (exact) mass is 240 g/mol. The van der Waals surface area contributed by atoms with Crippen LogP contribution in [0.25, 0.3) is 0 Å². The second kappa shape index (κ2) is 4.84. The molecule has 2 atom stereocenters. The van der Waals surface area contributed by atoms with Gasteiger partial charge in [0, 0.05) is 0 Å². The molecule has 1 amide bonds. The van der Waals surface area contributed by atoms with Crippen LogP contribution in [0.15, 0.2) is 5.11 Å². The summed E-state index contributed by atoms with van der Waals surface area (Å²) in [7, 11) is 0. The van der Waals surface area contributed by atoms with Gasteiger partial charge in [0.15, 0.2) is 6.04 Å². The predicted molar refractivity (Wildman–Crippen MR) is 60.3 cm³/mol. The zero-order valence-electron chi connectivity index (χ0n) is 10.6. The zero-order chi connectivity index (χ0) is 13.1. The first-order chi connectivity index (χ1) is 7.83. The van der Waals surface area contributed by atoms with Crippen LogP contribution in [-0.2, 0) is 0 Å². The van der Waals surface area contributed by atoms with Gasteiger partial charge in [-0.1, -0.05) is 33.6 Å². The molecule has 6 heteroatoms. The number of nitrogens with zero attached hydrogens (tertiary/aromatic N) is 2. The highest BCUT2D eigenvalue weighted by atomic mass is 16.4. The Labute approximate surface area is 101 Å². The van der Waals surface area contributed by atoms with E-state index in [0.29, 0.717) is 6.42 Å². The molecule has 0 heterocycles. The molecule has 1 saturated carbocycles. The van der Waals surface area contributed by atoms with Crippen molar-refractivity contribution in [3.63, 3.8) is 0 Å². The lowest BCUT2D eigenvalue weighted by Crippen LogP contribution is -2.66. The van der Waals surface area contributed by atoms with Gasteiger partial charge in [-0.15, -0.1) is 0 Å². The summed E-state index contributed by atoms with van der Waals surface area (Å²) in [5, 5.41) is 17.4. The summed E-state index contributed by atoms with van der Waals surface area (Å²) >= 11 is 0. The molecule has 1 fully saturated rings. The highest BCUT2D eigenvalue weighted by molar-refractivity contribution is 5.63. The molecule has 17 heavy (non-hydrogen) atoms. The van der Waals surface area contributed by atoms with E-state index >= 15 is 0 Å². The Balaban J connectivity index is 3.16. The first-order valence-corrected chi connectivity index (χ1v) is 5.89. The standard InChI is InChI=1S/C11H20N4O2/c1-10(2,3)11(13-9(16)17)7-5-4-6-8(11)14-15-12/h8,12-13H,4-7H2,1-3H3. The molecule has 0 spiro atoms. The van der Waals surface area contributed by atoms with E-state index in [-0.39, 0.29) is 11.5 Å². The van der Waals surface area contributed by atoms with Gasteiger partial charge in [0.05, 0.1) is 5.54 Å². The summed E-state index contributed by atoms with van der Waals surface area (Å²) in [4.78, 5) is 14.0. The van der Waals surface area contributed by atoms with E-state index in [1.807, 2.05) is 20.8 Å². The lowest BCUT2D eigenvalue weighted by atomic mass is 9.63. The lowest BCUT2D eigenvalue weighted by molar-refractivity contribution is -0.255.